The molecule has 0 saturated heterocycles. The van der Waals surface area contributed by atoms with Gasteiger partial charge in [-0.2, -0.15) is 5.10 Å². The maximum atomic E-state index is 14.1. The van der Waals surface area contributed by atoms with Crippen LogP contribution in [0.2, 0.25) is 0 Å². The molecule has 114 valence electrons. The first kappa shape index (κ1) is 15.7. The quantitative estimate of drug-likeness (QED) is 0.879. The molecular weight excluding hydrogens is 265 g/mol. The smallest absolute Gasteiger partial charge is 0.128 e. The number of benzene rings is 1. The van der Waals surface area contributed by atoms with Crippen molar-refractivity contribution in [3.63, 3.8) is 0 Å². The Balaban J connectivity index is 2.28. The van der Waals surface area contributed by atoms with E-state index in [0.29, 0.717) is 12.1 Å². The minimum atomic E-state index is -0.163. The number of nitrogens with one attached hydrogen (secondary N) is 1. The summed E-state index contributed by atoms with van der Waals surface area (Å²) in [5.41, 5.74) is 4.09. The van der Waals surface area contributed by atoms with Crippen LogP contribution in [0.1, 0.15) is 41.9 Å². The number of hydrogen-bond acceptors (Lipinski definition) is 2. The lowest BCUT2D eigenvalue weighted by Gasteiger charge is -2.20. The van der Waals surface area contributed by atoms with E-state index in [4.69, 9.17) is 0 Å². The summed E-state index contributed by atoms with van der Waals surface area (Å²) in [6, 6.07) is 6.90. The molecule has 0 radical (unpaired) electrons. The molecule has 0 fully saturated rings. The minimum absolute atomic E-state index is 0.0662. The van der Waals surface area contributed by atoms with E-state index in [1.54, 1.807) is 6.07 Å². The van der Waals surface area contributed by atoms with Gasteiger partial charge in [-0.3, -0.25) is 4.68 Å². The van der Waals surface area contributed by atoms with E-state index in [9.17, 15) is 4.39 Å². The van der Waals surface area contributed by atoms with Gasteiger partial charge in [0.2, 0.25) is 0 Å². The zero-order valence-electron chi connectivity index (χ0n) is 13.3. The van der Waals surface area contributed by atoms with Crippen LogP contribution < -0.4 is 5.32 Å². The highest BCUT2D eigenvalue weighted by molar-refractivity contribution is 5.24. The number of aryl methyl sites for hydroxylation is 1. The van der Waals surface area contributed by atoms with E-state index >= 15 is 0 Å². The number of hydrogen-bond donors (Lipinski definition) is 1. The second kappa shape index (κ2) is 6.85. The fourth-order valence-corrected chi connectivity index (χ4v) is 2.49. The van der Waals surface area contributed by atoms with Crippen molar-refractivity contribution in [3.05, 3.63) is 52.6 Å². The molecule has 0 aliphatic carbocycles. The molecule has 1 N–H and O–H groups in total. The fourth-order valence-electron chi connectivity index (χ4n) is 2.49. The Bertz CT molecular complexity index is 604. The number of rotatable bonds is 6. The Labute approximate surface area is 126 Å². The predicted octanol–water partition coefficient (Wildman–Crippen LogP) is 3.69. The third kappa shape index (κ3) is 3.50. The van der Waals surface area contributed by atoms with Crippen molar-refractivity contribution >= 4 is 0 Å². The Kier molecular flexibility index (Phi) is 5.12. The molecule has 1 aromatic carbocycles. The molecule has 0 spiro atoms. The first-order valence-electron chi connectivity index (χ1n) is 7.53. The molecule has 1 atom stereocenters. The highest BCUT2D eigenvalue weighted by atomic mass is 19.1. The van der Waals surface area contributed by atoms with Crippen molar-refractivity contribution in [1.82, 2.24) is 15.1 Å². The third-order valence-corrected chi connectivity index (χ3v) is 4.02. The van der Waals surface area contributed by atoms with Gasteiger partial charge in [-0.15, -0.1) is 0 Å². The monoisotopic (exact) mass is 289 g/mol. The number of aromatic nitrogens is 2. The summed E-state index contributed by atoms with van der Waals surface area (Å²) in [5.74, 6) is -0.163. The van der Waals surface area contributed by atoms with E-state index in [-0.39, 0.29) is 11.9 Å². The lowest BCUT2D eigenvalue weighted by molar-refractivity contribution is 0.418. The highest BCUT2D eigenvalue weighted by Crippen LogP contribution is 2.21. The van der Waals surface area contributed by atoms with Crippen LogP contribution in [0.5, 0.6) is 0 Å². The van der Waals surface area contributed by atoms with Crippen molar-refractivity contribution in [1.29, 1.82) is 0 Å². The topological polar surface area (TPSA) is 29.9 Å². The van der Waals surface area contributed by atoms with Gasteiger partial charge in [-0.25, -0.2) is 4.39 Å². The van der Waals surface area contributed by atoms with Gasteiger partial charge in [0, 0.05) is 11.3 Å². The molecule has 0 amide bonds. The molecule has 21 heavy (non-hydrogen) atoms. The van der Waals surface area contributed by atoms with E-state index in [1.807, 2.05) is 23.7 Å². The van der Waals surface area contributed by atoms with Crippen molar-refractivity contribution in [3.8, 4) is 0 Å². The van der Waals surface area contributed by atoms with Crippen molar-refractivity contribution < 1.29 is 4.39 Å². The Morgan fingerprint density at radius 1 is 1.24 bits per heavy atom. The minimum Gasteiger partial charge on any atom is -0.308 e. The maximum Gasteiger partial charge on any atom is 0.128 e. The zero-order chi connectivity index (χ0) is 15.4. The third-order valence-electron chi connectivity index (χ3n) is 4.02. The van der Waals surface area contributed by atoms with Crippen LogP contribution in [0, 0.1) is 26.6 Å². The Hall–Kier alpha value is -1.68. The van der Waals surface area contributed by atoms with Gasteiger partial charge in [-0.05, 0) is 45.4 Å². The van der Waals surface area contributed by atoms with E-state index in [2.05, 4.69) is 31.2 Å². The average Bonchev–Trinajstić information content (AvgIpc) is 2.71. The summed E-state index contributed by atoms with van der Waals surface area (Å²) in [6.45, 7) is 9.76. The van der Waals surface area contributed by atoms with Crippen LogP contribution in [0.25, 0.3) is 0 Å². The van der Waals surface area contributed by atoms with Crippen molar-refractivity contribution in [2.24, 2.45) is 0 Å². The van der Waals surface area contributed by atoms with Gasteiger partial charge < -0.3 is 5.32 Å². The molecule has 4 heteroatoms. The number of halogens is 1. The van der Waals surface area contributed by atoms with Gasteiger partial charge in [0.25, 0.3) is 0 Å². The molecule has 0 bridgehead atoms. The molecule has 0 aliphatic heterocycles. The van der Waals surface area contributed by atoms with Crippen molar-refractivity contribution in [2.75, 3.05) is 6.54 Å². The first-order valence-corrected chi connectivity index (χ1v) is 7.53. The van der Waals surface area contributed by atoms with E-state index in [0.717, 1.165) is 24.4 Å². The Morgan fingerprint density at radius 2 is 1.95 bits per heavy atom. The second-order valence-corrected chi connectivity index (χ2v) is 5.51. The second-order valence-electron chi connectivity index (χ2n) is 5.51. The van der Waals surface area contributed by atoms with Crippen LogP contribution in [0.15, 0.2) is 24.3 Å². The molecule has 1 unspecified atom stereocenters. The SMILES string of the molecule is CCCNC(Cn1nc(C)c(C)c1C)c1ccccc1F. The summed E-state index contributed by atoms with van der Waals surface area (Å²) in [7, 11) is 0. The summed E-state index contributed by atoms with van der Waals surface area (Å²) in [5, 5.41) is 8.00. The molecule has 2 aromatic rings. The number of nitrogens with zero attached hydrogens (tertiary/aromatic N) is 2. The van der Waals surface area contributed by atoms with Crippen LogP contribution in [0.3, 0.4) is 0 Å². The van der Waals surface area contributed by atoms with Crippen LogP contribution in [0.4, 0.5) is 4.39 Å². The highest BCUT2D eigenvalue weighted by Gasteiger charge is 2.17. The lowest BCUT2D eigenvalue weighted by atomic mass is 10.1. The van der Waals surface area contributed by atoms with Crippen molar-refractivity contribution in [2.45, 2.75) is 46.7 Å². The molecule has 3 nitrogen and oxygen atoms in total. The maximum absolute atomic E-state index is 14.1. The fraction of sp³-hybridized carbons (Fsp3) is 0.471. The van der Waals surface area contributed by atoms with Gasteiger partial charge >= 0.3 is 0 Å². The normalized spacial score (nSPS) is 12.6. The standard InChI is InChI=1S/C17H24FN3/c1-5-10-19-17(15-8-6-7-9-16(15)18)11-21-14(4)12(2)13(3)20-21/h6-9,17,19H,5,10-11H2,1-4H3. The molecule has 2 rings (SSSR count). The van der Waals surface area contributed by atoms with Crippen LogP contribution in [-0.2, 0) is 6.54 Å². The summed E-state index contributed by atoms with van der Waals surface area (Å²) < 4.78 is 16.1. The molecule has 0 aliphatic rings. The summed E-state index contributed by atoms with van der Waals surface area (Å²) in [6.07, 6.45) is 1.01. The van der Waals surface area contributed by atoms with Gasteiger partial charge in [-0.1, -0.05) is 25.1 Å². The molecule has 1 aromatic heterocycles. The Morgan fingerprint density at radius 3 is 2.52 bits per heavy atom. The molecular formula is C17H24FN3. The van der Waals surface area contributed by atoms with Gasteiger partial charge in [0.1, 0.15) is 5.82 Å². The molecule has 0 saturated carbocycles. The van der Waals surface area contributed by atoms with Gasteiger partial charge in [0.05, 0.1) is 18.3 Å². The van der Waals surface area contributed by atoms with E-state index in [1.165, 1.54) is 11.6 Å². The zero-order valence-corrected chi connectivity index (χ0v) is 13.3. The lowest BCUT2D eigenvalue weighted by Crippen LogP contribution is -2.28. The van der Waals surface area contributed by atoms with Crippen LogP contribution >= 0.6 is 0 Å². The summed E-state index contributed by atoms with van der Waals surface area (Å²) >= 11 is 0. The molecule has 1 heterocycles. The largest absolute Gasteiger partial charge is 0.308 e. The van der Waals surface area contributed by atoms with Crippen LogP contribution in [-0.4, -0.2) is 16.3 Å². The predicted molar refractivity (Wildman–Crippen MR) is 83.9 cm³/mol. The average molecular weight is 289 g/mol. The summed E-state index contributed by atoms with van der Waals surface area (Å²) in [4.78, 5) is 0. The first-order chi connectivity index (χ1) is 10.0. The van der Waals surface area contributed by atoms with Gasteiger partial charge in [0.15, 0.2) is 0 Å². The van der Waals surface area contributed by atoms with E-state index < -0.39 is 0 Å².